The Bertz CT molecular complexity index is 3290. The molecule has 0 unspecified atom stereocenters. The van der Waals surface area contributed by atoms with Crippen LogP contribution >= 0.6 is 0 Å². The van der Waals surface area contributed by atoms with Crippen molar-refractivity contribution in [1.82, 2.24) is 9.55 Å². The number of imidazole rings is 1. The van der Waals surface area contributed by atoms with Crippen LogP contribution in [0.2, 0.25) is 0 Å². The number of allylic oxidation sites excluding steroid dienone is 2. The summed E-state index contributed by atoms with van der Waals surface area (Å²) in [6, 6.07) is 56.7. The number of fused-ring (bicyclic) bond motifs is 7. The molecular formula is C55H43N3O. The Morgan fingerprint density at radius 2 is 1.42 bits per heavy atom. The molecule has 0 N–H and O–H groups in total. The van der Waals surface area contributed by atoms with Gasteiger partial charge in [0.2, 0.25) is 0 Å². The van der Waals surface area contributed by atoms with Gasteiger partial charge >= 0.3 is 0 Å². The van der Waals surface area contributed by atoms with E-state index in [9.17, 15) is 0 Å². The summed E-state index contributed by atoms with van der Waals surface area (Å²) in [5, 5.41) is 2.17. The third-order valence-electron chi connectivity index (χ3n) is 12.6. The first-order valence-corrected chi connectivity index (χ1v) is 20.5. The smallest absolute Gasteiger partial charge is 0.159 e. The lowest BCUT2D eigenvalue weighted by Crippen LogP contribution is -2.22. The summed E-state index contributed by atoms with van der Waals surface area (Å²) in [5.41, 5.74) is 19.4. The summed E-state index contributed by atoms with van der Waals surface area (Å²) in [7, 11) is 2.17. The van der Waals surface area contributed by atoms with Crippen LogP contribution in [-0.2, 0) is 5.41 Å². The van der Waals surface area contributed by atoms with Crippen LogP contribution in [0.1, 0.15) is 42.5 Å². The van der Waals surface area contributed by atoms with Gasteiger partial charge in [-0.05, 0) is 101 Å². The summed E-state index contributed by atoms with van der Waals surface area (Å²) < 4.78 is 9.46. The van der Waals surface area contributed by atoms with Gasteiger partial charge in [-0.2, -0.15) is 0 Å². The zero-order chi connectivity index (χ0) is 39.8. The lowest BCUT2D eigenvalue weighted by molar-refractivity contribution is 0.570. The third-order valence-corrected chi connectivity index (χ3v) is 12.6. The van der Waals surface area contributed by atoms with Crippen molar-refractivity contribution in [3.63, 3.8) is 0 Å². The monoisotopic (exact) mass is 761 g/mol. The van der Waals surface area contributed by atoms with E-state index >= 15 is 0 Å². The van der Waals surface area contributed by atoms with Crippen LogP contribution in [0.15, 0.2) is 174 Å². The fraction of sp³-hybridized carbons (Fsp3) is 0.109. The predicted molar refractivity (Wildman–Crippen MR) is 245 cm³/mol. The highest BCUT2D eigenvalue weighted by atomic mass is 16.3. The van der Waals surface area contributed by atoms with Gasteiger partial charge in [-0.25, -0.2) is 4.98 Å². The highest BCUT2D eigenvalue weighted by Gasteiger charge is 2.36. The fourth-order valence-corrected chi connectivity index (χ4v) is 9.60. The van der Waals surface area contributed by atoms with Gasteiger partial charge in [0.1, 0.15) is 11.2 Å². The lowest BCUT2D eigenvalue weighted by atomic mass is 9.81. The normalized spacial score (nSPS) is 13.9. The molecular weight excluding hydrogens is 719 g/mol. The summed E-state index contributed by atoms with van der Waals surface area (Å²) in [5.74, 6) is 0.887. The van der Waals surface area contributed by atoms with Crippen LogP contribution in [-0.4, -0.2) is 16.6 Å². The Kier molecular flexibility index (Phi) is 7.99. The molecule has 2 aromatic heterocycles. The molecule has 9 aromatic rings. The Balaban J connectivity index is 1.15. The van der Waals surface area contributed by atoms with Gasteiger partial charge in [0, 0.05) is 51.1 Å². The molecule has 0 saturated heterocycles. The minimum absolute atomic E-state index is 0.0683. The van der Waals surface area contributed by atoms with Crippen molar-refractivity contribution in [2.24, 2.45) is 0 Å². The number of nitrogens with zero attached hydrogens (tertiary/aromatic N) is 3. The Morgan fingerprint density at radius 3 is 2.27 bits per heavy atom. The number of furan rings is 1. The molecule has 0 aliphatic heterocycles. The summed E-state index contributed by atoms with van der Waals surface area (Å²) in [6.45, 7) is 6.98. The molecule has 7 aromatic carbocycles. The van der Waals surface area contributed by atoms with E-state index in [4.69, 9.17) is 9.40 Å². The number of rotatable bonds is 6. The van der Waals surface area contributed by atoms with E-state index in [1.165, 1.54) is 38.9 Å². The molecule has 4 heteroatoms. The first-order chi connectivity index (χ1) is 28.9. The first-order valence-electron chi connectivity index (χ1n) is 20.5. The van der Waals surface area contributed by atoms with Crippen LogP contribution < -0.4 is 15.5 Å². The van der Waals surface area contributed by atoms with E-state index in [0.29, 0.717) is 0 Å². The Hall–Kier alpha value is -7.17. The minimum Gasteiger partial charge on any atom is -0.454 e. The van der Waals surface area contributed by atoms with Crippen LogP contribution in [0.5, 0.6) is 0 Å². The summed E-state index contributed by atoms with van der Waals surface area (Å²) in [4.78, 5) is 7.46. The van der Waals surface area contributed by atoms with Gasteiger partial charge in [0.15, 0.2) is 5.58 Å². The van der Waals surface area contributed by atoms with Crippen molar-refractivity contribution in [1.29, 1.82) is 0 Å². The molecule has 2 aliphatic carbocycles. The second kappa shape index (κ2) is 13.5. The molecule has 0 spiro atoms. The zero-order valence-electron chi connectivity index (χ0n) is 33.7. The maximum atomic E-state index is 7.20. The number of hydrogen-bond acceptors (Lipinski definition) is 3. The predicted octanol–water partition coefficient (Wildman–Crippen LogP) is 12.4. The number of anilines is 2. The quantitative estimate of drug-likeness (QED) is 0.169. The second-order valence-electron chi connectivity index (χ2n) is 16.4. The van der Waals surface area contributed by atoms with Gasteiger partial charge in [-0.1, -0.05) is 141 Å². The van der Waals surface area contributed by atoms with E-state index in [1.807, 2.05) is 12.1 Å². The average molecular weight is 762 g/mol. The molecule has 2 heterocycles. The van der Waals surface area contributed by atoms with Crippen LogP contribution in [0.25, 0.3) is 73.0 Å². The number of aryl methyl sites for hydroxylation is 1. The number of hydrogen-bond donors (Lipinski definition) is 0. The van der Waals surface area contributed by atoms with Crippen LogP contribution in [0, 0.1) is 6.92 Å². The topological polar surface area (TPSA) is 34.2 Å². The molecule has 4 nitrogen and oxygen atoms in total. The molecule has 0 fully saturated rings. The van der Waals surface area contributed by atoms with E-state index < -0.39 is 0 Å². The van der Waals surface area contributed by atoms with Crippen LogP contribution in [0.4, 0.5) is 11.4 Å². The Labute approximate surface area is 344 Å². The van der Waals surface area contributed by atoms with Gasteiger partial charge in [-0.15, -0.1) is 0 Å². The largest absolute Gasteiger partial charge is 0.454 e. The third kappa shape index (κ3) is 5.47. The molecule has 11 rings (SSSR count). The maximum Gasteiger partial charge on any atom is 0.159 e. The van der Waals surface area contributed by atoms with Gasteiger partial charge in [0.25, 0.3) is 0 Å². The zero-order valence-corrected chi connectivity index (χ0v) is 33.7. The number of aromatic nitrogens is 2. The van der Waals surface area contributed by atoms with Crippen molar-refractivity contribution >= 4 is 45.0 Å². The molecule has 284 valence electrons. The van der Waals surface area contributed by atoms with E-state index in [1.54, 1.807) is 0 Å². The maximum absolute atomic E-state index is 7.20. The number of benzene rings is 7. The van der Waals surface area contributed by atoms with Crippen molar-refractivity contribution in [3.8, 4) is 39.3 Å². The molecule has 0 atom stereocenters. The minimum atomic E-state index is -0.0683. The standard InChI is InChI=1S/C55H43N3O/c1-35-32-47-44(40-23-13-14-26-46(40)55(47,2)3)34-43(35)45-33-37(30-31-49(45)57(4)38-20-9-6-10-21-38)39-22-11-12-24-41-42-25-17-29-51(53(42)59-52(39)41)58-50-28-16-15-27-48(50)56-54(58)36-18-7-5-8-19-36/h5-21,23-34H,22H2,1-4H3. The van der Waals surface area contributed by atoms with Crippen molar-refractivity contribution < 1.29 is 4.42 Å². The average Bonchev–Trinajstić information content (AvgIpc) is 3.85. The molecule has 2 aliphatic rings. The first kappa shape index (κ1) is 35.0. The SMILES string of the molecule is Cc1cc2c(cc1-c1cc(C3=c4oc5c(-n6c(-c7ccccc7)nc7ccccc76)cccc5c4=CC=CC3)ccc1N(C)c1ccccc1)-c1ccccc1C2(C)C. The molecule has 0 bridgehead atoms. The van der Waals surface area contributed by atoms with E-state index in [-0.39, 0.29) is 5.41 Å². The number of para-hydroxylation sites is 4. The molecule has 0 amide bonds. The van der Waals surface area contributed by atoms with Crippen molar-refractivity contribution in [2.45, 2.75) is 32.6 Å². The lowest BCUT2D eigenvalue weighted by Gasteiger charge is -2.26. The fourth-order valence-electron chi connectivity index (χ4n) is 9.60. The molecule has 0 radical (unpaired) electrons. The molecule has 59 heavy (non-hydrogen) atoms. The van der Waals surface area contributed by atoms with E-state index in [2.05, 4.69) is 201 Å². The van der Waals surface area contributed by atoms with Gasteiger partial charge in [0.05, 0.1) is 16.7 Å². The van der Waals surface area contributed by atoms with Crippen molar-refractivity contribution in [2.75, 3.05) is 11.9 Å². The van der Waals surface area contributed by atoms with Gasteiger partial charge in [-0.3, -0.25) is 4.57 Å². The Morgan fingerprint density at radius 1 is 0.661 bits per heavy atom. The van der Waals surface area contributed by atoms with Crippen molar-refractivity contribution in [3.05, 3.63) is 203 Å². The summed E-state index contributed by atoms with van der Waals surface area (Å²) in [6.07, 6.45) is 7.38. The summed E-state index contributed by atoms with van der Waals surface area (Å²) >= 11 is 0. The van der Waals surface area contributed by atoms with Crippen LogP contribution in [0.3, 0.4) is 0 Å². The highest BCUT2D eigenvalue weighted by molar-refractivity contribution is 5.94. The highest BCUT2D eigenvalue weighted by Crippen LogP contribution is 2.51. The van der Waals surface area contributed by atoms with E-state index in [0.717, 1.165) is 78.6 Å². The second-order valence-corrected chi connectivity index (χ2v) is 16.4. The molecule has 0 saturated carbocycles. The van der Waals surface area contributed by atoms with Gasteiger partial charge < -0.3 is 9.32 Å².